The summed E-state index contributed by atoms with van der Waals surface area (Å²) in [5.41, 5.74) is 15.0. The van der Waals surface area contributed by atoms with E-state index >= 15 is 0 Å². The molecule has 44 heavy (non-hydrogen) atoms. The standard InChI is InChI=1S/C21H30N12O9S2/c22-3-5-41-6-4-25-19(23)26-7-11-8-27-32(30-11)9-13-15(17(35)33(13)44(38,39)40)29-16(34)14(12-10-43-20(24)28-12)31-42-21(1-2-21)18(36)37/h8,10,13,15H,1-7,9,22H2,(H2,24,28)(H,29,34)(H,36,37)(H3,23,25,26)(H,38,39,40)/b31-14-/t13-,15?/m0/s1. The zero-order chi connectivity index (χ0) is 32.1. The Labute approximate surface area is 253 Å². The summed E-state index contributed by atoms with van der Waals surface area (Å²) in [6.45, 7) is 1.19. The van der Waals surface area contributed by atoms with Crippen LogP contribution in [0.4, 0.5) is 5.13 Å². The van der Waals surface area contributed by atoms with Crippen LogP contribution in [0.2, 0.25) is 0 Å². The molecule has 1 saturated heterocycles. The van der Waals surface area contributed by atoms with Crippen molar-refractivity contribution in [3.63, 3.8) is 0 Å². The number of aliphatic carboxylic acids is 1. The quantitative estimate of drug-likeness (QED) is 0.0227. The highest BCUT2D eigenvalue weighted by atomic mass is 32.2. The van der Waals surface area contributed by atoms with Gasteiger partial charge in [-0.1, -0.05) is 5.16 Å². The third-order valence-corrected chi connectivity index (χ3v) is 7.87. The molecule has 2 atom stereocenters. The van der Waals surface area contributed by atoms with E-state index in [-0.39, 0.29) is 47.0 Å². The van der Waals surface area contributed by atoms with E-state index in [4.69, 9.17) is 26.8 Å². The topological polar surface area (TPSA) is 318 Å². The molecule has 1 aliphatic heterocycles. The van der Waals surface area contributed by atoms with Gasteiger partial charge in [-0.2, -0.15) is 23.4 Å². The molecule has 2 aromatic rings. The first-order valence-corrected chi connectivity index (χ1v) is 15.2. The zero-order valence-corrected chi connectivity index (χ0v) is 24.5. The summed E-state index contributed by atoms with van der Waals surface area (Å²) in [6, 6.07) is -2.85. The molecule has 2 amide bonds. The molecule has 4 rings (SSSR count). The number of carbonyl (C=O) groups excluding carboxylic acids is 2. The van der Waals surface area contributed by atoms with Crippen LogP contribution >= 0.6 is 11.3 Å². The number of guanidine groups is 1. The molecule has 240 valence electrons. The molecule has 23 heteroatoms. The molecular formula is C21H30N12O9S2. The number of thiazole rings is 1. The van der Waals surface area contributed by atoms with Crippen molar-refractivity contribution in [2.24, 2.45) is 21.6 Å². The number of β-lactam (4-membered cyclic amide) rings is 1. The summed E-state index contributed by atoms with van der Waals surface area (Å²) in [4.78, 5) is 51.7. The van der Waals surface area contributed by atoms with Gasteiger partial charge >= 0.3 is 16.3 Å². The van der Waals surface area contributed by atoms with Crippen LogP contribution in [0.25, 0.3) is 0 Å². The Bertz CT molecular complexity index is 1550. The first-order valence-electron chi connectivity index (χ1n) is 12.9. The lowest BCUT2D eigenvalue weighted by Gasteiger charge is -2.43. The molecule has 1 aliphatic carbocycles. The number of carbonyl (C=O) groups is 3. The van der Waals surface area contributed by atoms with Gasteiger partial charge < -0.3 is 42.5 Å². The molecule has 21 nitrogen and oxygen atoms in total. The van der Waals surface area contributed by atoms with E-state index in [0.717, 1.165) is 16.1 Å². The van der Waals surface area contributed by atoms with Gasteiger partial charge in [0.25, 0.3) is 11.8 Å². The maximum atomic E-state index is 13.2. The minimum absolute atomic E-state index is 0.00267. The minimum atomic E-state index is -5.03. The molecule has 2 aliphatic rings. The molecule has 0 radical (unpaired) electrons. The largest absolute Gasteiger partial charge is 0.478 e. The van der Waals surface area contributed by atoms with E-state index in [0.29, 0.717) is 32.0 Å². The maximum absolute atomic E-state index is 13.2. The number of carboxylic acids is 1. The van der Waals surface area contributed by atoms with Gasteiger partial charge in [-0.15, -0.1) is 11.3 Å². The smallest absolute Gasteiger partial charge is 0.362 e. The van der Waals surface area contributed by atoms with Gasteiger partial charge in [-0.25, -0.2) is 19.1 Å². The summed E-state index contributed by atoms with van der Waals surface area (Å²) in [6.07, 6.45) is 1.64. The molecular weight excluding hydrogens is 628 g/mol. The number of rotatable bonds is 16. The lowest BCUT2D eigenvalue weighted by atomic mass is 9.98. The minimum Gasteiger partial charge on any atom is -0.478 e. The fraction of sp³-hybridized carbons (Fsp3) is 0.524. The normalized spacial score (nSPS) is 19.8. The highest BCUT2D eigenvalue weighted by molar-refractivity contribution is 7.84. The SMILES string of the molecule is NCCOCCNC(N)=NCc1cnn(C[C@H]2C(NC(=O)/C(=N\OC3(C(=O)O)CC3)c3csc(N)n3)C(=O)N2S(=O)(=O)O)n1. The Balaban J connectivity index is 1.45. The Hall–Kier alpha value is -4.45. The average Bonchev–Trinajstić information content (AvgIpc) is 3.42. The van der Waals surface area contributed by atoms with Gasteiger partial charge in [-0.05, 0) is 0 Å². The van der Waals surface area contributed by atoms with Crippen molar-refractivity contribution in [3.05, 3.63) is 23.0 Å². The number of nitrogens with two attached hydrogens (primary N) is 3. The van der Waals surface area contributed by atoms with Crippen molar-refractivity contribution < 1.29 is 42.0 Å². The number of nitrogen functional groups attached to an aromatic ring is 1. The van der Waals surface area contributed by atoms with Gasteiger partial charge in [0.05, 0.1) is 32.5 Å². The van der Waals surface area contributed by atoms with Crippen molar-refractivity contribution in [1.82, 2.24) is 34.9 Å². The lowest BCUT2D eigenvalue weighted by molar-refractivity contribution is -0.153. The number of aromatic nitrogens is 4. The highest BCUT2D eigenvalue weighted by Gasteiger charge is 2.56. The van der Waals surface area contributed by atoms with E-state index in [1.165, 1.54) is 11.6 Å². The first-order chi connectivity index (χ1) is 20.8. The number of hydrogen-bond acceptors (Lipinski definition) is 15. The highest BCUT2D eigenvalue weighted by Crippen LogP contribution is 2.40. The van der Waals surface area contributed by atoms with Gasteiger partial charge in [0, 0.05) is 31.3 Å². The number of aliphatic imine (C=N–C) groups is 1. The van der Waals surface area contributed by atoms with E-state index in [1.54, 1.807) is 0 Å². The first kappa shape index (κ1) is 32.5. The Morgan fingerprint density at radius 2 is 2.05 bits per heavy atom. The monoisotopic (exact) mass is 658 g/mol. The number of nitrogens with zero attached hydrogens (tertiary/aromatic N) is 7. The van der Waals surface area contributed by atoms with E-state index in [2.05, 4.69) is 36.0 Å². The van der Waals surface area contributed by atoms with Crippen LogP contribution < -0.4 is 27.8 Å². The van der Waals surface area contributed by atoms with Crippen LogP contribution in [0.1, 0.15) is 24.2 Å². The number of anilines is 1. The molecule has 3 heterocycles. The molecule has 1 saturated carbocycles. The summed E-state index contributed by atoms with van der Waals surface area (Å²) in [7, 11) is -5.03. The van der Waals surface area contributed by atoms with Gasteiger partial charge in [0.1, 0.15) is 23.5 Å². The van der Waals surface area contributed by atoms with Crippen molar-refractivity contribution in [2.45, 2.75) is 43.6 Å². The van der Waals surface area contributed by atoms with Gasteiger partial charge in [-0.3, -0.25) is 14.1 Å². The molecule has 10 N–H and O–H groups in total. The van der Waals surface area contributed by atoms with E-state index < -0.39 is 51.5 Å². The zero-order valence-electron chi connectivity index (χ0n) is 22.9. The predicted octanol–water partition coefficient (Wildman–Crippen LogP) is -3.77. The summed E-state index contributed by atoms with van der Waals surface area (Å²) < 4.78 is 38.9. The summed E-state index contributed by atoms with van der Waals surface area (Å²) >= 11 is 0.961. The second-order valence-electron chi connectivity index (χ2n) is 9.45. The second kappa shape index (κ2) is 13.5. The third-order valence-electron chi connectivity index (χ3n) is 6.25. The Morgan fingerprint density at radius 3 is 2.66 bits per heavy atom. The fourth-order valence-corrected chi connectivity index (χ4v) is 5.28. The van der Waals surface area contributed by atoms with Crippen LogP contribution in [-0.2, 0) is 47.4 Å². The Kier molecular flexibility index (Phi) is 9.93. The predicted molar refractivity (Wildman–Crippen MR) is 151 cm³/mol. The van der Waals surface area contributed by atoms with Crippen molar-refractivity contribution in [1.29, 1.82) is 0 Å². The lowest BCUT2D eigenvalue weighted by Crippen LogP contribution is -2.73. The van der Waals surface area contributed by atoms with Gasteiger partial charge in [0.2, 0.25) is 5.60 Å². The van der Waals surface area contributed by atoms with Crippen molar-refractivity contribution in [2.75, 3.05) is 32.0 Å². The fourth-order valence-electron chi connectivity index (χ4n) is 3.86. The maximum Gasteiger partial charge on any atom is 0.362 e. The van der Waals surface area contributed by atoms with Crippen LogP contribution in [0.15, 0.2) is 21.7 Å². The number of oxime groups is 1. The van der Waals surface area contributed by atoms with Crippen LogP contribution in [0, 0.1) is 0 Å². The van der Waals surface area contributed by atoms with Crippen LogP contribution in [0.5, 0.6) is 0 Å². The number of nitrogens with one attached hydrogen (secondary N) is 2. The van der Waals surface area contributed by atoms with Gasteiger partial charge in [0.15, 0.2) is 16.8 Å². The molecule has 1 unspecified atom stereocenters. The molecule has 0 bridgehead atoms. The summed E-state index contributed by atoms with van der Waals surface area (Å²) in [5.74, 6) is -3.37. The van der Waals surface area contributed by atoms with E-state index in [9.17, 15) is 32.5 Å². The molecule has 0 spiro atoms. The molecule has 2 fully saturated rings. The van der Waals surface area contributed by atoms with Crippen molar-refractivity contribution in [3.8, 4) is 0 Å². The second-order valence-corrected chi connectivity index (χ2v) is 11.6. The number of hydrogen-bond donors (Lipinski definition) is 7. The molecule has 0 aromatic carbocycles. The average molecular weight is 659 g/mol. The number of amides is 2. The Morgan fingerprint density at radius 1 is 1.30 bits per heavy atom. The molecule has 2 aromatic heterocycles. The summed E-state index contributed by atoms with van der Waals surface area (Å²) in [5, 5.41) is 27.9. The van der Waals surface area contributed by atoms with Crippen molar-refractivity contribution >= 4 is 56.2 Å². The van der Waals surface area contributed by atoms with Crippen LogP contribution in [0.3, 0.4) is 0 Å². The van der Waals surface area contributed by atoms with Crippen LogP contribution in [-0.4, -0.2) is 116 Å². The number of ether oxygens (including phenoxy) is 1. The van der Waals surface area contributed by atoms with E-state index in [1.807, 2.05) is 0 Å². The third kappa shape index (κ3) is 7.73. The number of carboxylic acid groups (broad SMARTS) is 1.